The molecule has 0 saturated carbocycles. The molecular formula is C22H28F3NOS. The fourth-order valence-corrected chi connectivity index (χ4v) is 3.67. The molecular weight excluding hydrogens is 383 g/mol. The monoisotopic (exact) mass is 411 g/mol. The highest BCUT2D eigenvalue weighted by atomic mass is 32.2. The van der Waals surface area contributed by atoms with Gasteiger partial charge in [0.05, 0.1) is 0 Å². The molecule has 1 aromatic carbocycles. The highest BCUT2D eigenvalue weighted by molar-refractivity contribution is 8.03. The molecule has 0 bridgehead atoms. The van der Waals surface area contributed by atoms with Gasteiger partial charge in [-0.3, -0.25) is 4.79 Å². The number of carbonyl (C=O) groups is 1. The average Bonchev–Trinajstić information content (AvgIpc) is 2.65. The zero-order valence-corrected chi connectivity index (χ0v) is 17.7. The maximum Gasteiger partial charge on any atom is 0.255 e. The molecule has 1 N–H and O–H groups in total. The van der Waals surface area contributed by atoms with Crippen molar-refractivity contribution >= 4 is 23.4 Å². The zero-order chi connectivity index (χ0) is 21.3. The second-order valence-electron chi connectivity index (χ2n) is 6.53. The predicted octanol–water partition coefficient (Wildman–Crippen LogP) is 7.15. The third kappa shape index (κ3) is 7.23. The first-order valence-electron chi connectivity index (χ1n) is 9.39. The number of hydrogen-bond donors (Lipinski definition) is 1. The van der Waals surface area contributed by atoms with Crippen LogP contribution >= 0.6 is 11.8 Å². The Hall–Kier alpha value is -1.95. The summed E-state index contributed by atoms with van der Waals surface area (Å²) in [5, 5.41) is 2.83. The summed E-state index contributed by atoms with van der Waals surface area (Å²) in [4.78, 5) is 13.4. The Morgan fingerprint density at radius 1 is 1.25 bits per heavy atom. The summed E-state index contributed by atoms with van der Waals surface area (Å²) in [6.07, 6.45) is 7.67. The van der Waals surface area contributed by atoms with Gasteiger partial charge < -0.3 is 5.32 Å². The normalized spacial score (nSPS) is 13.4. The van der Waals surface area contributed by atoms with Crippen molar-refractivity contribution in [3.05, 3.63) is 64.4 Å². The summed E-state index contributed by atoms with van der Waals surface area (Å²) in [5.74, 6) is -4.81. The number of carbonyl (C=O) groups excluding carboxylic acids is 1. The van der Waals surface area contributed by atoms with E-state index in [1.807, 2.05) is 6.92 Å². The van der Waals surface area contributed by atoms with Gasteiger partial charge >= 0.3 is 0 Å². The smallest absolute Gasteiger partial charge is 0.255 e. The number of thioether (sulfide) groups is 1. The quantitative estimate of drug-likeness (QED) is 0.252. The molecule has 0 aromatic heterocycles. The fraction of sp³-hybridized carbons (Fsp3) is 0.409. The van der Waals surface area contributed by atoms with Crippen molar-refractivity contribution in [1.29, 1.82) is 0 Å². The van der Waals surface area contributed by atoms with E-state index in [1.54, 1.807) is 30.8 Å². The highest BCUT2D eigenvalue weighted by Crippen LogP contribution is 2.33. The van der Waals surface area contributed by atoms with Crippen molar-refractivity contribution in [3.63, 3.8) is 0 Å². The number of nitrogens with one attached hydrogen (secondary N) is 1. The molecule has 0 aliphatic heterocycles. The topological polar surface area (TPSA) is 29.1 Å². The third-order valence-corrected chi connectivity index (χ3v) is 5.77. The van der Waals surface area contributed by atoms with Crippen LogP contribution in [0.5, 0.6) is 0 Å². The lowest BCUT2D eigenvalue weighted by atomic mass is 10.1. The van der Waals surface area contributed by atoms with E-state index in [0.717, 1.165) is 48.3 Å². The van der Waals surface area contributed by atoms with Crippen LogP contribution in [-0.4, -0.2) is 11.2 Å². The molecule has 1 rings (SSSR count). The van der Waals surface area contributed by atoms with Gasteiger partial charge in [-0.15, -0.1) is 11.8 Å². The Balaban J connectivity index is 3.02. The number of rotatable bonds is 10. The first kappa shape index (κ1) is 24.1. The van der Waals surface area contributed by atoms with Crippen LogP contribution in [0.2, 0.25) is 0 Å². The summed E-state index contributed by atoms with van der Waals surface area (Å²) in [6.45, 7) is 11.9. The number of anilines is 1. The highest BCUT2D eigenvalue weighted by Gasteiger charge is 2.16. The van der Waals surface area contributed by atoms with Crippen LogP contribution in [0.3, 0.4) is 0 Å². The van der Waals surface area contributed by atoms with E-state index in [2.05, 4.69) is 25.7 Å². The molecule has 2 nitrogen and oxygen atoms in total. The molecule has 0 fully saturated rings. The molecule has 6 heteroatoms. The summed E-state index contributed by atoms with van der Waals surface area (Å²) in [7, 11) is 0. The molecule has 1 atom stereocenters. The van der Waals surface area contributed by atoms with E-state index >= 15 is 0 Å². The van der Waals surface area contributed by atoms with Gasteiger partial charge in [0.2, 0.25) is 0 Å². The van der Waals surface area contributed by atoms with E-state index in [9.17, 15) is 18.0 Å². The summed E-state index contributed by atoms with van der Waals surface area (Å²) in [5.41, 5.74) is 1.03. The van der Waals surface area contributed by atoms with Gasteiger partial charge in [-0.05, 0) is 38.3 Å². The Bertz CT molecular complexity index is 748. The van der Waals surface area contributed by atoms with Crippen LogP contribution in [0.15, 0.2) is 46.9 Å². The largest absolute Gasteiger partial charge is 0.322 e. The third-order valence-electron chi connectivity index (χ3n) is 4.15. The van der Waals surface area contributed by atoms with Gasteiger partial charge in [-0.2, -0.15) is 0 Å². The van der Waals surface area contributed by atoms with Gasteiger partial charge in [0.25, 0.3) is 5.91 Å². The second kappa shape index (κ2) is 11.8. The summed E-state index contributed by atoms with van der Waals surface area (Å²) >= 11 is 1.68. The minimum Gasteiger partial charge on any atom is -0.322 e. The van der Waals surface area contributed by atoms with Crippen molar-refractivity contribution in [3.8, 4) is 0 Å². The molecule has 1 amide bonds. The Kier molecular flexibility index (Phi) is 10.1. The molecule has 0 heterocycles. The van der Waals surface area contributed by atoms with E-state index in [1.165, 1.54) is 0 Å². The molecule has 1 unspecified atom stereocenters. The Morgan fingerprint density at radius 2 is 1.86 bits per heavy atom. The SMILES string of the molecule is C=C(C)/C(=C\C(=C/C)C(=O)Nc1cc(F)c(F)c(F)c1)SC(CC)CCCC. The van der Waals surface area contributed by atoms with E-state index in [-0.39, 0.29) is 5.69 Å². The van der Waals surface area contributed by atoms with Crippen LogP contribution in [0, 0.1) is 17.5 Å². The summed E-state index contributed by atoms with van der Waals surface area (Å²) in [6, 6.07) is 1.50. The van der Waals surface area contributed by atoms with E-state index in [0.29, 0.717) is 10.8 Å². The van der Waals surface area contributed by atoms with Crippen molar-refractivity contribution in [2.24, 2.45) is 0 Å². The first-order valence-corrected chi connectivity index (χ1v) is 10.3. The lowest BCUT2D eigenvalue weighted by molar-refractivity contribution is -0.112. The average molecular weight is 412 g/mol. The number of halogens is 3. The van der Waals surface area contributed by atoms with Crippen molar-refractivity contribution in [1.82, 2.24) is 0 Å². The standard InChI is InChI=1S/C22H28F3NOS/c1-6-9-10-17(8-3)28-20(14(4)5)11-15(7-2)22(27)26-16-12-18(23)21(25)19(24)13-16/h7,11-13,17H,4,6,8-10H2,1-3,5H3,(H,26,27)/b15-7+,20-11+. The van der Waals surface area contributed by atoms with Crippen molar-refractivity contribution in [2.45, 2.75) is 58.6 Å². The lowest BCUT2D eigenvalue weighted by Gasteiger charge is -2.17. The molecule has 28 heavy (non-hydrogen) atoms. The second-order valence-corrected chi connectivity index (χ2v) is 7.87. The van der Waals surface area contributed by atoms with Gasteiger partial charge in [0, 0.05) is 33.5 Å². The Labute approximate surface area is 170 Å². The molecule has 0 aliphatic carbocycles. The predicted molar refractivity (Wildman–Crippen MR) is 113 cm³/mol. The Morgan fingerprint density at radius 3 is 2.32 bits per heavy atom. The van der Waals surface area contributed by atoms with Gasteiger partial charge in [0.15, 0.2) is 17.5 Å². The zero-order valence-electron chi connectivity index (χ0n) is 16.9. The van der Waals surface area contributed by atoms with Crippen LogP contribution < -0.4 is 5.32 Å². The van der Waals surface area contributed by atoms with Crippen molar-refractivity contribution in [2.75, 3.05) is 5.32 Å². The number of benzene rings is 1. The molecule has 0 spiro atoms. The van der Waals surface area contributed by atoms with Crippen LogP contribution in [0.1, 0.15) is 53.4 Å². The van der Waals surface area contributed by atoms with Gasteiger partial charge in [-0.1, -0.05) is 39.3 Å². The van der Waals surface area contributed by atoms with E-state index < -0.39 is 23.4 Å². The maximum absolute atomic E-state index is 13.4. The minimum absolute atomic E-state index is 0.145. The molecule has 0 saturated heterocycles. The number of allylic oxidation sites excluding steroid dienone is 2. The summed E-state index contributed by atoms with van der Waals surface area (Å²) < 4.78 is 39.8. The van der Waals surface area contributed by atoms with Crippen LogP contribution in [-0.2, 0) is 4.79 Å². The lowest BCUT2D eigenvalue weighted by Crippen LogP contribution is -2.14. The number of amides is 1. The maximum atomic E-state index is 13.4. The first-order chi connectivity index (χ1) is 13.2. The fourth-order valence-electron chi connectivity index (χ4n) is 2.47. The van der Waals surface area contributed by atoms with Crippen molar-refractivity contribution < 1.29 is 18.0 Å². The van der Waals surface area contributed by atoms with Crippen LogP contribution in [0.25, 0.3) is 0 Å². The minimum atomic E-state index is -1.57. The van der Waals surface area contributed by atoms with Gasteiger partial charge in [0.1, 0.15) is 0 Å². The number of hydrogen-bond acceptors (Lipinski definition) is 2. The molecule has 0 radical (unpaired) electrons. The molecule has 0 aliphatic rings. The number of unbranched alkanes of at least 4 members (excludes halogenated alkanes) is 1. The van der Waals surface area contributed by atoms with E-state index in [4.69, 9.17) is 0 Å². The van der Waals surface area contributed by atoms with Crippen LogP contribution in [0.4, 0.5) is 18.9 Å². The molecule has 1 aromatic rings. The van der Waals surface area contributed by atoms with Gasteiger partial charge in [-0.25, -0.2) is 13.2 Å². The molecule has 154 valence electrons.